The normalized spacial score (nSPS) is 25.6. The Balaban J connectivity index is 1.41. The summed E-state index contributed by atoms with van der Waals surface area (Å²) >= 11 is 0. The molecule has 1 unspecified atom stereocenters. The fourth-order valence-corrected chi connectivity index (χ4v) is 8.32. The van der Waals surface area contributed by atoms with Gasteiger partial charge in [0.1, 0.15) is 11.9 Å². The molecule has 0 saturated carbocycles. The van der Waals surface area contributed by atoms with E-state index in [1.165, 1.54) is 0 Å². The van der Waals surface area contributed by atoms with E-state index in [0.29, 0.717) is 31.8 Å². The standard InChI is InChI=1S/C30H40FN3O5Si/c1-19-29(38-2)24-14-22(33-12-11-32-16-28(33)37)9-10-25(24)39-30(19)26(40(3,4)31)15-27(36)34-17-21-8-6-5-7-20(21)13-23(34)18-35/h5-10,14,19,23,26,29-30,32,35H,11-13,15-18H2,1-4H3/t19-,23-,26?,29-,30-/m0/s1. The maximum atomic E-state index is 16.1. The number of benzene rings is 2. The Bertz CT molecular complexity index is 1250. The van der Waals surface area contributed by atoms with E-state index in [1.807, 2.05) is 49.4 Å². The van der Waals surface area contributed by atoms with Gasteiger partial charge in [-0.1, -0.05) is 31.2 Å². The first kappa shape index (κ1) is 28.7. The van der Waals surface area contributed by atoms with Crippen molar-refractivity contribution >= 4 is 25.9 Å². The maximum absolute atomic E-state index is 16.1. The monoisotopic (exact) mass is 569 g/mol. The Morgan fingerprint density at radius 2 is 2.00 bits per heavy atom. The van der Waals surface area contributed by atoms with Gasteiger partial charge in [-0.05, 0) is 48.8 Å². The maximum Gasteiger partial charge on any atom is 0.248 e. The van der Waals surface area contributed by atoms with Crippen molar-refractivity contribution < 1.29 is 28.3 Å². The number of fused-ring (bicyclic) bond motifs is 2. The van der Waals surface area contributed by atoms with Crippen molar-refractivity contribution in [2.24, 2.45) is 5.92 Å². The first-order valence-corrected chi connectivity index (χ1v) is 17.1. The minimum Gasteiger partial charge on any atom is -0.490 e. The van der Waals surface area contributed by atoms with Crippen LogP contribution in [0.5, 0.6) is 5.75 Å². The molecule has 0 spiro atoms. The van der Waals surface area contributed by atoms with E-state index in [9.17, 15) is 14.7 Å². The van der Waals surface area contributed by atoms with Gasteiger partial charge >= 0.3 is 0 Å². The molecule has 5 atom stereocenters. The van der Waals surface area contributed by atoms with Crippen LogP contribution in [0.2, 0.25) is 18.6 Å². The van der Waals surface area contributed by atoms with E-state index in [-0.39, 0.29) is 42.9 Å². The molecule has 3 aliphatic rings. The predicted octanol–water partition coefficient (Wildman–Crippen LogP) is 3.59. The van der Waals surface area contributed by atoms with Crippen LogP contribution in [0, 0.1) is 5.92 Å². The van der Waals surface area contributed by atoms with Crippen molar-refractivity contribution in [3.8, 4) is 5.75 Å². The summed E-state index contributed by atoms with van der Waals surface area (Å²) in [5.74, 6) is 0.202. The van der Waals surface area contributed by atoms with E-state index < -0.39 is 20.1 Å². The number of ether oxygens (including phenoxy) is 2. The lowest BCUT2D eigenvalue weighted by atomic mass is 9.86. The summed E-state index contributed by atoms with van der Waals surface area (Å²) in [7, 11) is -1.78. The van der Waals surface area contributed by atoms with E-state index in [2.05, 4.69) is 5.32 Å². The fraction of sp³-hybridized carbons (Fsp3) is 0.533. The van der Waals surface area contributed by atoms with Gasteiger partial charge < -0.3 is 33.8 Å². The largest absolute Gasteiger partial charge is 0.490 e. The summed E-state index contributed by atoms with van der Waals surface area (Å²) < 4.78 is 28.5. The third kappa shape index (κ3) is 5.54. The van der Waals surface area contributed by atoms with Crippen LogP contribution >= 0.6 is 0 Å². The third-order valence-corrected chi connectivity index (χ3v) is 11.1. The lowest BCUT2D eigenvalue weighted by molar-refractivity contribution is -0.136. The Morgan fingerprint density at radius 3 is 2.67 bits per heavy atom. The van der Waals surface area contributed by atoms with Crippen molar-refractivity contribution in [3.05, 3.63) is 59.2 Å². The second-order valence-corrected chi connectivity index (χ2v) is 15.6. The number of carbonyl (C=O) groups is 2. The summed E-state index contributed by atoms with van der Waals surface area (Å²) in [5.41, 5.74) is 3.18. The smallest absolute Gasteiger partial charge is 0.248 e. The van der Waals surface area contributed by atoms with Crippen LogP contribution < -0.4 is 15.0 Å². The number of hydrogen-bond donors (Lipinski definition) is 2. The van der Waals surface area contributed by atoms with Crippen LogP contribution in [0.1, 0.15) is 36.1 Å². The molecule has 3 aliphatic heterocycles. The SMILES string of the molecule is CO[C@@H]1c2cc(N3CCNCC3=O)ccc2O[C@H](C(CC(=O)N2Cc3ccccc3C[C@H]2CO)[Si](C)(C)F)[C@H]1C. The highest BCUT2D eigenvalue weighted by molar-refractivity contribution is 6.72. The zero-order valence-corrected chi connectivity index (χ0v) is 24.7. The van der Waals surface area contributed by atoms with Crippen LogP contribution in [0.3, 0.4) is 0 Å². The van der Waals surface area contributed by atoms with E-state index in [4.69, 9.17) is 9.47 Å². The highest BCUT2D eigenvalue weighted by Crippen LogP contribution is 2.48. The first-order chi connectivity index (χ1) is 19.1. The summed E-state index contributed by atoms with van der Waals surface area (Å²) in [6, 6.07) is 13.2. The van der Waals surface area contributed by atoms with Crippen LogP contribution in [-0.4, -0.2) is 75.7 Å². The molecule has 10 heteroatoms. The molecule has 0 aliphatic carbocycles. The fourth-order valence-electron chi connectivity index (χ4n) is 6.51. The van der Waals surface area contributed by atoms with Crippen LogP contribution in [-0.2, 0) is 27.3 Å². The van der Waals surface area contributed by atoms with Crippen molar-refractivity contribution in [2.75, 3.05) is 38.3 Å². The number of hydrogen-bond acceptors (Lipinski definition) is 6. The number of carbonyl (C=O) groups excluding carboxylic acids is 2. The topological polar surface area (TPSA) is 91.3 Å². The number of aliphatic hydroxyl groups is 1. The van der Waals surface area contributed by atoms with Gasteiger partial charge in [0.2, 0.25) is 20.2 Å². The third-order valence-electron chi connectivity index (χ3n) is 8.77. The molecule has 5 rings (SSSR count). The minimum atomic E-state index is -3.41. The zero-order chi connectivity index (χ0) is 28.6. The number of aliphatic hydroxyl groups excluding tert-OH is 1. The van der Waals surface area contributed by atoms with Crippen LogP contribution in [0.25, 0.3) is 0 Å². The Kier molecular flexibility index (Phi) is 8.33. The number of nitrogens with one attached hydrogen (secondary N) is 1. The van der Waals surface area contributed by atoms with E-state index in [1.54, 1.807) is 30.0 Å². The molecule has 2 N–H and O–H groups in total. The van der Waals surface area contributed by atoms with Gasteiger partial charge in [0.15, 0.2) is 0 Å². The van der Waals surface area contributed by atoms with Crippen molar-refractivity contribution in [1.29, 1.82) is 0 Å². The number of halogens is 1. The summed E-state index contributed by atoms with van der Waals surface area (Å²) in [6.45, 7) is 7.10. The van der Waals surface area contributed by atoms with Crippen molar-refractivity contribution in [2.45, 2.75) is 63.2 Å². The van der Waals surface area contributed by atoms with Crippen LogP contribution in [0.15, 0.2) is 42.5 Å². The molecule has 2 aromatic rings. The molecule has 1 fully saturated rings. The Hall–Kier alpha value is -2.79. The summed E-state index contributed by atoms with van der Waals surface area (Å²) in [5, 5.41) is 13.2. The van der Waals surface area contributed by atoms with Gasteiger partial charge in [-0.2, -0.15) is 0 Å². The van der Waals surface area contributed by atoms with E-state index in [0.717, 1.165) is 28.9 Å². The lowest BCUT2D eigenvalue weighted by Crippen LogP contribution is -2.51. The van der Waals surface area contributed by atoms with Crippen molar-refractivity contribution in [3.63, 3.8) is 0 Å². The second-order valence-electron chi connectivity index (χ2n) is 11.7. The predicted molar refractivity (Wildman–Crippen MR) is 154 cm³/mol. The van der Waals surface area contributed by atoms with Gasteiger partial charge in [-0.25, -0.2) is 0 Å². The number of methoxy groups -OCH3 is 1. The van der Waals surface area contributed by atoms with Crippen LogP contribution in [0.4, 0.5) is 9.80 Å². The first-order valence-electron chi connectivity index (χ1n) is 14.1. The van der Waals surface area contributed by atoms with Gasteiger partial charge in [0, 0.05) is 55.9 Å². The number of nitrogens with zero attached hydrogens (tertiary/aromatic N) is 2. The minimum absolute atomic E-state index is 0.00251. The average molecular weight is 570 g/mol. The molecular weight excluding hydrogens is 529 g/mol. The number of piperazine rings is 1. The van der Waals surface area contributed by atoms with E-state index >= 15 is 4.11 Å². The molecule has 2 aromatic carbocycles. The molecule has 3 heterocycles. The summed E-state index contributed by atoms with van der Waals surface area (Å²) in [4.78, 5) is 29.7. The molecule has 0 bridgehead atoms. The molecule has 8 nitrogen and oxygen atoms in total. The second kappa shape index (κ2) is 11.6. The lowest BCUT2D eigenvalue weighted by Gasteiger charge is -2.44. The average Bonchev–Trinajstić information content (AvgIpc) is 2.94. The van der Waals surface area contributed by atoms with Gasteiger partial charge in [0.05, 0.1) is 25.3 Å². The van der Waals surface area contributed by atoms with Gasteiger partial charge in [-0.3, -0.25) is 9.59 Å². The van der Waals surface area contributed by atoms with Gasteiger partial charge in [0.25, 0.3) is 0 Å². The molecular formula is C30H40FN3O5Si. The molecule has 0 radical (unpaired) electrons. The molecule has 0 aromatic heterocycles. The summed E-state index contributed by atoms with van der Waals surface area (Å²) in [6.07, 6.45) is -0.368. The highest BCUT2D eigenvalue weighted by atomic mass is 28.4. The molecule has 40 heavy (non-hydrogen) atoms. The van der Waals surface area contributed by atoms with Gasteiger partial charge in [-0.15, -0.1) is 0 Å². The molecule has 1 saturated heterocycles. The molecule has 2 amide bonds. The number of rotatable bonds is 7. The number of amides is 2. The Labute approximate surface area is 236 Å². The quantitative estimate of drug-likeness (QED) is 0.391. The number of anilines is 1. The zero-order valence-electron chi connectivity index (χ0n) is 23.7. The van der Waals surface area contributed by atoms with Crippen molar-refractivity contribution in [1.82, 2.24) is 10.2 Å². The molecule has 216 valence electrons. The highest BCUT2D eigenvalue weighted by Gasteiger charge is 2.49. The Morgan fingerprint density at radius 1 is 1.25 bits per heavy atom.